The number of carbonyl (C=O) groups is 2. The lowest BCUT2D eigenvalue weighted by molar-refractivity contribution is -0.135. The van der Waals surface area contributed by atoms with Crippen molar-refractivity contribution in [3.63, 3.8) is 0 Å². The Morgan fingerprint density at radius 1 is 0.971 bits per heavy atom. The molecule has 0 aliphatic carbocycles. The number of esters is 1. The van der Waals surface area contributed by atoms with Crippen molar-refractivity contribution >= 4 is 17.8 Å². The summed E-state index contributed by atoms with van der Waals surface area (Å²) in [5.41, 5.74) is 2.36. The molecule has 0 saturated heterocycles. The molecule has 3 aromatic rings. The summed E-state index contributed by atoms with van der Waals surface area (Å²) < 4.78 is 27.4. The van der Waals surface area contributed by atoms with E-state index in [-0.39, 0.29) is 30.5 Å². The van der Waals surface area contributed by atoms with E-state index in [0.717, 1.165) is 5.56 Å². The van der Waals surface area contributed by atoms with Crippen LogP contribution in [0.2, 0.25) is 0 Å². The molecular weight excluding hydrogens is 440 g/mol. The minimum Gasteiger partial charge on any atom is -0.504 e. The largest absolute Gasteiger partial charge is 0.504 e. The Balaban J connectivity index is 1.42. The maximum atomic E-state index is 13.2. The molecule has 8 nitrogen and oxygen atoms in total. The second-order valence-electron chi connectivity index (χ2n) is 8.07. The summed E-state index contributed by atoms with van der Waals surface area (Å²) in [4.78, 5) is 25.5. The summed E-state index contributed by atoms with van der Waals surface area (Å²) in [6.45, 7) is 0.156. The molecule has 3 aliphatic rings. The molecule has 0 saturated carbocycles. The molecular formula is C26H18O8. The van der Waals surface area contributed by atoms with Crippen molar-refractivity contribution in [1.82, 2.24) is 0 Å². The third-order valence-corrected chi connectivity index (χ3v) is 6.08. The van der Waals surface area contributed by atoms with Gasteiger partial charge in [0.25, 0.3) is 0 Å². The van der Waals surface area contributed by atoms with Crippen LogP contribution in [0.5, 0.6) is 34.5 Å². The molecule has 1 atom stereocenters. The number of methoxy groups -OCH3 is 1. The van der Waals surface area contributed by atoms with E-state index in [4.69, 9.17) is 23.7 Å². The minimum atomic E-state index is -0.472. The molecule has 1 unspecified atom stereocenters. The zero-order chi connectivity index (χ0) is 23.4. The Bertz CT molecular complexity index is 1400. The third-order valence-electron chi connectivity index (χ3n) is 6.08. The number of rotatable bonds is 3. The molecule has 170 valence electrons. The van der Waals surface area contributed by atoms with Crippen LogP contribution >= 0.6 is 0 Å². The number of ketones is 1. The molecule has 6 rings (SSSR count). The van der Waals surface area contributed by atoms with E-state index in [9.17, 15) is 14.7 Å². The SMILES string of the molecule is COc1ccc(C2CC(=O)Oc3ccc4c(c32)O/C(=C\c2ccc3c(c2)OCO3)C4=O)cc1O. The maximum absolute atomic E-state index is 13.2. The van der Waals surface area contributed by atoms with Crippen LogP contribution in [0, 0.1) is 0 Å². The van der Waals surface area contributed by atoms with Gasteiger partial charge in [0.15, 0.2) is 28.8 Å². The number of carbonyl (C=O) groups excluding carboxylic acids is 2. The van der Waals surface area contributed by atoms with Crippen molar-refractivity contribution in [3.8, 4) is 34.5 Å². The molecule has 0 amide bonds. The standard InChI is InChI=1S/C26H18O8/c1-30-18-6-3-14(10-17(18)27)16-11-23(28)33-20-7-4-15-25(29)22(34-26(15)24(16)20)9-13-2-5-19-21(8-13)32-12-31-19/h2-10,16,27H,11-12H2,1H3/b22-9-. The van der Waals surface area contributed by atoms with Crippen LogP contribution in [0.1, 0.15) is 39.4 Å². The molecule has 3 aliphatic heterocycles. The molecule has 34 heavy (non-hydrogen) atoms. The summed E-state index contributed by atoms with van der Waals surface area (Å²) in [5, 5.41) is 10.3. The van der Waals surface area contributed by atoms with E-state index in [0.29, 0.717) is 45.4 Å². The minimum absolute atomic E-state index is 0.0357. The quantitative estimate of drug-likeness (QED) is 0.354. The van der Waals surface area contributed by atoms with E-state index in [2.05, 4.69) is 0 Å². The van der Waals surface area contributed by atoms with Crippen molar-refractivity contribution in [1.29, 1.82) is 0 Å². The number of ether oxygens (including phenoxy) is 5. The highest BCUT2D eigenvalue weighted by Gasteiger charge is 2.38. The molecule has 0 radical (unpaired) electrons. The van der Waals surface area contributed by atoms with Gasteiger partial charge in [-0.15, -0.1) is 0 Å². The van der Waals surface area contributed by atoms with Gasteiger partial charge in [0.1, 0.15) is 11.5 Å². The first kappa shape index (κ1) is 20.2. The number of phenols is 1. The van der Waals surface area contributed by atoms with E-state index in [1.165, 1.54) is 7.11 Å². The summed E-state index contributed by atoms with van der Waals surface area (Å²) in [6, 6.07) is 13.5. The van der Waals surface area contributed by atoms with Crippen molar-refractivity contribution < 1.29 is 38.4 Å². The Morgan fingerprint density at radius 3 is 2.62 bits per heavy atom. The lowest BCUT2D eigenvalue weighted by Crippen LogP contribution is -2.21. The van der Waals surface area contributed by atoms with E-state index in [1.807, 2.05) is 0 Å². The molecule has 3 heterocycles. The predicted molar refractivity (Wildman–Crippen MR) is 119 cm³/mol. The fourth-order valence-electron chi connectivity index (χ4n) is 4.47. The first-order valence-corrected chi connectivity index (χ1v) is 10.6. The van der Waals surface area contributed by atoms with Crippen molar-refractivity contribution in [3.05, 3.63) is 76.5 Å². The van der Waals surface area contributed by atoms with Crippen LogP contribution < -0.4 is 23.7 Å². The summed E-state index contributed by atoms with van der Waals surface area (Å²) in [7, 11) is 1.46. The highest BCUT2D eigenvalue weighted by Crippen LogP contribution is 2.49. The number of Topliss-reactive ketones (excluding diaryl/α,β-unsaturated/α-hetero) is 1. The molecule has 0 fully saturated rings. The monoisotopic (exact) mass is 458 g/mol. The average Bonchev–Trinajstić information content (AvgIpc) is 3.42. The third kappa shape index (κ3) is 3.14. The van der Waals surface area contributed by atoms with Gasteiger partial charge >= 0.3 is 5.97 Å². The summed E-state index contributed by atoms with van der Waals surface area (Å²) in [6.07, 6.45) is 1.67. The summed E-state index contributed by atoms with van der Waals surface area (Å²) in [5.74, 6) is 1.18. The van der Waals surface area contributed by atoms with E-state index in [1.54, 1.807) is 54.6 Å². The van der Waals surface area contributed by atoms with Gasteiger partial charge in [0, 0.05) is 11.5 Å². The lowest BCUT2D eigenvalue weighted by Gasteiger charge is -2.26. The Kier molecular flexibility index (Phi) is 4.48. The maximum Gasteiger partial charge on any atom is 0.312 e. The average molecular weight is 458 g/mol. The number of hydrogen-bond donors (Lipinski definition) is 1. The first-order chi connectivity index (χ1) is 16.5. The van der Waals surface area contributed by atoms with Gasteiger partial charge in [-0.2, -0.15) is 0 Å². The van der Waals surface area contributed by atoms with Crippen LogP contribution in [0.25, 0.3) is 6.08 Å². The van der Waals surface area contributed by atoms with Gasteiger partial charge in [-0.3, -0.25) is 9.59 Å². The predicted octanol–water partition coefficient (Wildman–Crippen LogP) is 4.19. The van der Waals surface area contributed by atoms with Crippen LogP contribution in [0.4, 0.5) is 0 Å². The van der Waals surface area contributed by atoms with Crippen LogP contribution in [-0.2, 0) is 4.79 Å². The summed E-state index contributed by atoms with van der Waals surface area (Å²) >= 11 is 0. The number of allylic oxidation sites excluding steroid dienone is 1. The van der Waals surface area contributed by atoms with Gasteiger partial charge in [-0.1, -0.05) is 12.1 Å². The van der Waals surface area contributed by atoms with E-state index >= 15 is 0 Å². The number of benzene rings is 3. The van der Waals surface area contributed by atoms with Gasteiger partial charge < -0.3 is 28.8 Å². The second kappa shape index (κ2) is 7.55. The fraction of sp³-hybridized carbons (Fsp3) is 0.154. The van der Waals surface area contributed by atoms with Crippen molar-refractivity contribution in [2.75, 3.05) is 13.9 Å². The zero-order valence-corrected chi connectivity index (χ0v) is 18.0. The van der Waals surface area contributed by atoms with Crippen molar-refractivity contribution in [2.24, 2.45) is 0 Å². The number of fused-ring (bicyclic) bond motifs is 4. The Hall–Kier alpha value is -4.46. The Labute approximate surface area is 193 Å². The van der Waals surface area contributed by atoms with Gasteiger partial charge in [0.05, 0.1) is 19.1 Å². The first-order valence-electron chi connectivity index (χ1n) is 10.6. The van der Waals surface area contributed by atoms with Crippen molar-refractivity contribution in [2.45, 2.75) is 12.3 Å². The molecule has 0 aromatic heterocycles. The van der Waals surface area contributed by atoms with Crippen LogP contribution in [0.3, 0.4) is 0 Å². The zero-order valence-electron chi connectivity index (χ0n) is 18.0. The van der Waals surface area contributed by atoms with Gasteiger partial charge in [-0.05, 0) is 53.6 Å². The highest BCUT2D eigenvalue weighted by molar-refractivity contribution is 6.15. The van der Waals surface area contributed by atoms with Crippen LogP contribution in [-0.4, -0.2) is 30.8 Å². The van der Waals surface area contributed by atoms with Crippen LogP contribution in [0.15, 0.2) is 54.3 Å². The molecule has 0 spiro atoms. The van der Waals surface area contributed by atoms with E-state index < -0.39 is 11.9 Å². The topological polar surface area (TPSA) is 101 Å². The molecule has 3 aromatic carbocycles. The molecule has 0 bridgehead atoms. The van der Waals surface area contributed by atoms with Gasteiger partial charge in [-0.25, -0.2) is 0 Å². The number of aromatic hydroxyl groups is 1. The highest BCUT2D eigenvalue weighted by atomic mass is 16.7. The normalized spacial score (nSPS) is 18.9. The lowest BCUT2D eigenvalue weighted by atomic mass is 9.84. The fourth-order valence-corrected chi connectivity index (χ4v) is 4.47. The van der Waals surface area contributed by atoms with Gasteiger partial charge in [0.2, 0.25) is 12.6 Å². The molecule has 1 N–H and O–H groups in total. The Morgan fingerprint density at radius 2 is 1.79 bits per heavy atom. The second-order valence-corrected chi connectivity index (χ2v) is 8.07. The molecule has 8 heteroatoms. The number of hydrogen-bond acceptors (Lipinski definition) is 8. The smallest absolute Gasteiger partial charge is 0.312 e. The number of phenolic OH excluding ortho intramolecular Hbond substituents is 1.